The van der Waals surface area contributed by atoms with Crippen molar-refractivity contribution in [3.63, 3.8) is 0 Å². The van der Waals surface area contributed by atoms with E-state index in [9.17, 15) is 9.59 Å². The molecule has 0 heterocycles. The van der Waals surface area contributed by atoms with Gasteiger partial charge in [0.05, 0.1) is 19.1 Å². The first kappa shape index (κ1) is 19.4. The Morgan fingerprint density at radius 3 is 2.24 bits per heavy atom. The van der Waals surface area contributed by atoms with Crippen LogP contribution >= 0.6 is 0 Å². The second kappa shape index (κ2) is 8.99. The summed E-state index contributed by atoms with van der Waals surface area (Å²) in [5.74, 6) is 0.230. The van der Waals surface area contributed by atoms with E-state index in [1.807, 2.05) is 0 Å². The van der Waals surface area contributed by atoms with E-state index in [2.05, 4.69) is 55.7 Å². The third-order valence-electron chi connectivity index (χ3n) is 4.50. The van der Waals surface area contributed by atoms with Gasteiger partial charge in [0.2, 0.25) is 11.8 Å². The summed E-state index contributed by atoms with van der Waals surface area (Å²) < 4.78 is 0. The van der Waals surface area contributed by atoms with E-state index in [4.69, 9.17) is 0 Å². The maximum atomic E-state index is 12.4. The van der Waals surface area contributed by atoms with Gasteiger partial charge < -0.3 is 10.6 Å². The molecule has 2 N–H and O–H groups in total. The van der Waals surface area contributed by atoms with Crippen LogP contribution in [0.1, 0.15) is 50.8 Å². The number of carbonyl (C=O) groups is 2. The van der Waals surface area contributed by atoms with E-state index in [-0.39, 0.29) is 30.9 Å². The van der Waals surface area contributed by atoms with Gasteiger partial charge in [-0.25, -0.2) is 0 Å². The van der Waals surface area contributed by atoms with E-state index in [1.165, 1.54) is 5.56 Å². The summed E-state index contributed by atoms with van der Waals surface area (Å²) in [6.07, 6.45) is 3.15. The largest absolute Gasteiger partial charge is 0.352 e. The van der Waals surface area contributed by atoms with Gasteiger partial charge in [-0.15, -0.1) is 0 Å². The summed E-state index contributed by atoms with van der Waals surface area (Å²) in [5, 5.41) is 6.06. The Labute approximate surface area is 151 Å². The van der Waals surface area contributed by atoms with E-state index in [0.717, 1.165) is 24.8 Å². The molecule has 138 valence electrons. The van der Waals surface area contributed by atoms with Crippen LogP contribution in [-0.2, 0) is 16.0 Å². The quantitative estimate of drug-likeness (QED) is 0.722. The molecule has 0 aliphatic heterocycles. The fraction of sp³-hybridized carbons (Fsp3) is 0.600. The van der Waals surface area contributed by atoms with Crippen LogP contribution in [-0.4, -0.2) is 42.9 Å². The number of rotatable bonds is 9. The Balaban J connectivity index is 1.86. The molecule has 1 aromatic rings. The van der Waals surface area contributed by atoms with Crippen LogP contribution in [0.3, 0.4) is 0 Å². The highest BCUT2D eigenvalue weighted by atomic mass is 16.2. The third-order valence-corrected chi connectivity index (χ3v) is 4.50. The minimum absolute atomic E-state index is 0.00614. The van der Waals surface area contributed by atoms with Crippen LogP contribution in [0.4, 0.5) is 0 Å². The Bertz CT molecular complexity index is 579. The SMILES string of the molecule is CCc1ccc([C@@H](NC(=O)CN(C)CC(=O)NC2CC2)C(C)C)cc1. The lowest BCUT2D eigenvalue weighted by atomic mass is 9.95. The van der Waals surface area contributed by atoms with Crippen molar-refractivity contribution in [2.24, 2.45) is 5.92 Å². The lowest BCUT2D eigenvalue weighted by molar-refractivity contribution is -0.125. The molecule has 1 aromatic carbocycles. The number of hydrogen-bond donors (Lipinski definition) is 2. The number of hydrogen-bond acceptors (Lipinski definition) is 3. The van der Waals surface area contributed by atoms with E-state index < -0.39 is 0 Å². The second-order valence-corrected chi connectivity index (χ2v) is 7.40. The summed E-state index contributed by atoms with van der Waals surface area (Å²) >= 11 is 0. The van der Waals surface area contributed by atoms with Crippen LogP contribution in [0.5, 0.6) is 0 Å². The van der Waals surface area contributed by atoms with Crippen molar-refractivity contribution in [3.8, 4) is 0 Å². The maximum Gasteiger partial charge on any atom is 0.234 e. The number of likely N-dealkylation sites (N-methyl/N-ethyl adjacent to an activating group) is 1. The van der Waals surface area contributed by atoms with E-state index in [0.29, 0.717) is 12.0 Å². The molecule has 1 aliphatic rings. The lowest BCUT2D eigenvalue weighted by Gasteiger charge is -2.25. The molecule has 0 aromatic heterocycles. The first-order valence-electron chi connectivity index (χ1n) is 9.25. The molecule has 0 bridgehead atoms. The summed E-state index contributed by atoms with van der Waals surface area (Å²) in [6.45, 7) is 6.80. The molecule has 0 radical (unpaired) electrons. The maximum absolute atomic E-state index is 12.4. The minimum Gasteiger partial charge on any atom is -0.352 e. The smallest absolute Gasteiger partial charge is 0.234 e. The average Bonchev–Trinajstić information content (AvgIpc) is 3.36. The van der Waals surface area contributed by atoms with Crippen LogP contribution < -0.4 is 10.6 Å². The van der Waals surface area contributed by atoms with Gasteiger partial charge >= 0.3 is 0 Å². The van der Waals surface area contributed by atoms with Crippen molar-refractivity contribution in [1.82, 2.24) is 15.5 Å². The van der Waals surface area contributed by atoms with Gasteiger partial charge in [0.15, 0.2) is 0 Å². The van der Waals surface area contributed by atoms with Crippen LogP contribution in [0.15, 0.2) is 24.3 Å². The zero-order valence-electron chi connectivity index (χ0n) is 15.8. The van der Waals surface area contributed by atoms with Crippen molar-refractivity contribution in [1.29, 1.82) is 0 Å². The molecular weight excluding hydrogens is 314 g/mol. The fourth-order valence-electron chi connectivity index (χ4n) is 2.86. The van der Waals surface area contributed by atoms with Gasteiger partial charge in [-0.05, 0) is 43.4 Å². The molecular formula is C20H31N3O2. The predicted octanol–water partition coefficient (Wildman–Crippen LogP) is 2.27. The molecule has 0 saturated heterocycles. The zero-order valence-corrected chi connectivity index (χ0v) is 15.8. The number of aryl methyl sites for hydroxylation is 1. The number of nitrogens with zero attached hydrogens (tertiary/aromatic N) is 1. The first-order chi connectivity index (χ1) is 11.9. The molecule has 1 aliphatic carbocycles. The highest BCUT2D eigenvalue weighted by Crippen LogP contribution is 2.22. The summed E-state index contributed by atoms with van der Waals surface area (Å²) in [6, 6.07) is 8.75. The van der Waals surface area contributed by atoms with Gasteiger partial charge in [0.1, 0.15) is 0 Å². The van der Waals surface area contributed by atoms with Crippen LogP contribution in [0.2, 0.25) is 0 Å². The topological polar surface area (TPSA) is 61.4 Å². The molecule has 0 spiro atoms. The lowest BCUT2D eigenvalue weighted by Crippen LogP contribution is -2.42. The zero-order chi connectivity index (χ0) is 18.4. The van der Waals surface area contributed by atoms with Crippen molar-refractivity contribution in [3.05, 3.63) is 35.4 Å². The summed E-state index contributed by atoms with van der Waals surface area (Å²) in [4.78, 5) is 26.0. The number of benzene rings is 1. The number of nitrogens with one attached hydrogen (secondary N) is 2. The monoisotopic (exact) mass is 345 g/mol. The van der Waals surface area contributed by atoms with Crippen LogP contribution in [0, 0.1) is 5.92 Å². The second-order valence-electron chi connectivity index (χ2n) is 7.40. The Kier molecular flexibility index (Phi) is 7.00. The average molecular weight is 345 g/mol. The highest BCUT2D eigenvalue weighted by molar-refractivity contribution is 5.81. The molecule has 1 saturated carbocycles. The molecule has 0 unspecified atom stereocenters. The summed E-state index contributed by atoms with van der Waals surface area (Å²) in [5.41, 5.74) is 2.41. The molecule has 1 atom stereocenters. The molecule has 1 fully saturated rings. The Morgan fingerprint density at radius 2 is 1.72 bits per heavy atom. The van der Waals surface area contributed by atoms with Gasteiger partial charge in [-0.3, -0.25) is 14.5 Å². The predicted molar refractivity (Wildman–Crippen MR) is 100 cm³/mol. The number of carbonyl (C=O) groups excluding carboxylic acids is 2. The van der Waals surface area contributed by atoms with Gasteiger partial charge in [-0.2, -0.15) is 0 Å². The molecule has 2 amide bonds. The van der Waals surface area contributed by atoms with Crippen molar-refractivity contribution in [2.45, 2.75) is 52.1 Å². The first-order valence-corrected chi connectivity index (χ1v) is 9.25. The van der Waals surface area contributed by atoms with Gasteiger partial charge in [0.25, 0.3) is 0 Å². The number of amides is 2. The Hall–Kier alpha value is -1.88. The van der Waals surface area contributed by atoms with Crippen LogP contribution in [0.25, 0.3) is 0 Å². The molecule has 5 nitrogen and oxygen atoms in total. The molecule has 25 heavy (non-hydrogen) atoms. The Morgan fingerprint density at radius 1 is 1.12 bits per heavy atom. The van der Waals surface area contributed by atoms with Crippen molar-refractivity contribution in [2.75, 3.05) is 20.1 Å². The van der Waals surface area contributed by atoms with E-state index >= 15 is 0 Å². The molecule has 2 rings (SSSR count). The fourth-order valence-corrected chi connectivity index (χ4v) is 2.86. The van der Waals surface area contributed by atoms with Gasteiger partial charge in [-0.1, -0.05) is 45.0 Å². The van der Waals surface area contributed by atoms with Crippen molar-refractivity contribution < 1.29 is 9.59 Å². The highest BCUT2D eigenvalue weighted by Gasteiger charge is 2.24. The molecule has 5 heteroatoms. The minimum atomic E-state index is -0.0556. The van der Waals surface area contributed by atoms with Gasteiger partial charge in [0, 0.05) is 6.04 Å². The van der Waals surface area contributed by atoms with Crippen molar-refractivity contribution >= 4 is 11.8 Å². The third kappa shape index (κ3) is 6.50. The normalized spacial score (nSPS) is 15.3. The standard InChI is InChI=1S/C20H31N3O2/c1-5-15-6-8-16(9-7-15)20(14(2)3)22-19(25)13-23(4)12-18(24)21-17-10-11-17/h6-9,14,17,20H,5,10-13H2,1-4H3,(H,21,24)(H,22,25)/t20-/m0/s1. The summed E-state index contributed by atoms with van der Waals surface area (Å²) in [7, 11) is 1.80. The van der Waals surface area contributed by atoms with E-state index in [1.54, 1.807) is 11.9 Å².